The fourth-order valence-corrected chi connectivity index (χ4v) is 5.57. The number of benzene rings is 1. The molecule has 3 aromatic rings. The first-order valence-electron chi connectivity index (χ1n) is 11.0. The highest BCUT2D eigenvalue weighted by Crippen LogP contribution is 2.27. The number of hydrogen-bond acceptors (Lipinski definition) is 6. The van der Waals surface area contributed by atoms with E-state index in [0.29, 0.717) is 25.9 Å². The highest BCUT2D eigenvalue weighted by molar-refractivity contribution is 7.18. The van der Waals surface area contributed by atoms with Crippen molar-refractivity contribution in [1.82, 2.24) is 24.8 Å². The van der Waals surface area contributed by atoms with E-state index < -0.39 is 0 Å². The van der Waals surface area contributed by atoms with E-state index in [1.165, 1.54) is 0 Å². The minimum Gasteiger partial charge on any atom is -0.342 e. The number of aromatic amines is 1. The van der Waals surface area contributed by atoms with Gasteiger partial charge in [-0.05, 0) is 32.0 Å². The van der Waals surface area contributed by atoms with Gasteiger partial charge in [0.1, 0.15) is 5.82 Å². The van der Waals surface area contributed by atoms with E-state index in [0.717, 1.165) is 64.7 Å². The Bertz CT molecular complexity index is 1140. The van der Waals surface area contributed by atoms with E-state index in [4.69, 9.17) is 4.98 Å². The van der Waals surface area contributed by atoms with Crippen molar-refractivity contribution in [2.45, 2.75) is 44.6 Å². The summed E-state index contributed by atoms with van der Waals surface area (Å²) in [6.07, 6.45) is 3.82. The number of likely N-dealkylation sites (tertiary alicyclic amines) is 1. The van der Waals surface area contributed by atoms with E-state index in [1.54, 1.807) is 11.3 Å². The molecule has 1 N–H and O–H groups in total. The number of rotatable bonds is 4. The quantitative estimate of drug-likeness (QED) is 0.679. The number of H-pyrrole nitrogens is 1. The number of aromatic nitrogens is 3. The number of carbonyl (C=O) groups is 1. The largest absolute Gasteiger partial charge is 0.342 e. The molecule has 2 aliphatic rings. The highest BCUT2D eigenvalue weighted by atomic mass is 32.1. The molecule has 1 unspecified atom stereocenters. The molecule has 5 rings (SSSR count). The average Bonchev–Trinajstić information content (AvgIpc) is 3.21. The Morgan fingerprint density at radius 2 is 2.13 bits per heavy atom. The Labute approximate surface area is 185 Å². The van der Waals surface area contributed by atoms with Crippen LogP contribution in [0.2, 0.25) is 0 Å². The van der Waals surface area contributed by atoms with Gasteiger partial charge in [0, 0.05) is 51.4 Å². The molecule has 0 aliphatic carbocycles. The number of thiazole rings is 1. The van der Waals surface area contributed by atoms with Crippen molar-refractivity contribution in [3.8, 4) is 0 Å². The lowest BCUT2D eigenvalue weighted by Crippen LogP contribution is -2.41. The van der Waals surface area contributed by atoms with Crippen LogP contribution in [0.25, 0.3) is 10.2 Å². The van der Waals surface area contributed by atoms with Crippen molar-refractivity contribution in [1.29, 1.82) is 0 Å². The topological polar surface area (TPSA) is 82.2 Å². The molecule has 2 aliphatic heterocycles. The summed E-state index contributed by atoms with van der Waals surface area (Å²) in [4.78, 5) is 42.1. The van der Waals surface area contributed by atoms with Crippen molar-refractivity contribution in [3.05, 3.63) is 56.7 Å². The van der Waals surface area contributed by atoms with Gasteiger partial charge in [0.2, 0.25) is 5.91 Å². The van der Waals surface area contributed by atoms with Crippen molar-refractivity contribution in [3.63, 3.8) is 0 Å². The molecular formula is C23H27N5O2S. The lowest BCUT2D eigenvalue weighted by molar-refractivity contribution is -0.132. The summed E-state index contributed by atoms with van der Waals surface area (Å²) in [5, 5.41) is 1.01. The number of hydrogen-bond donors (Lipinski definition) is 1. The average molecular weight is 438 g/mol. The Kier molecular flexibility index (Phi) is 5.58. The number of aryl methyl sites for hydroxylation is 1. The molecule has 1 atom stereocenters. The van der Waals surface area contributed by atoms with Crippen molar-refractivity contribution in [2.24, 2.45) is 0 Å². The van der Waals surface area contributed by atoms with Crippen molar-refractivity contribution >= 4 is 27.5 Å². The smallest absolute Gasteiger partial charge is 0.255 e. The normalized spacial score (nSPS) is 19.5. The lowest BCUT2D eigenvalue weighted by Gasteiger charge is -2.33. The van der Waals surface area contributed by atoms with Gasteiger partial charge in [0.05, 0.1) is 26.5 Å². The zero-order valence-electron chi connectivity index (χ0n) is 17.8. The van der Waals surface area contributed by atoms with Crippen LogP contribution >= 0.6 is 11.3 Å². The van der Waals surface area contributed by atoms with Gasteiger partial charge in [-0.3, -0.25) is 9.59 Å². The molecule has 7 nitrogen and oxygen atoms in total. The lowest BCUT2D eigenvalue weighted by atomic mass is 9.96. The molecule has 0 radical (unpaired) electrons. The van der Waals surface area contributed by atoms with Gasteiger partial charge in [-0.2, -0.15) is 0 Å². The van der Waals surface area contributed by atoms with Gasteiger partial charge in [0.15, 0.2) is 0 Å². The molecule has 0 spiro atoms. The van der Waals surface area contributed by atoms with Crippen LogP contribution in [0.15, 0.2) is 29.1 Å². The van der Waals surface area contributed by atoms with E-state index in [9.17, 15) is 9.59 Å². The predicted molar refractivity (Wildman–Crippen MR) is 121 cm³/mol. The summed E-state index contributed by atoms with van der Waals surface area (Å²) in [5.74, 6) is 1.00. The van der Waals surface area contributed by atoms with Gasteiger partial charge in [-0.1, -0.05) is 12.1 Å². The Morgan fingerprint density at radius 1 is 1.26 bits per heavy atom. The third-order valence-corrected chi connectivity index (χ3v) is 7.43. The molecule has 4 heterocycles. The van der Waals surface area contributed by atoms with E-state index in [2.05, 4.69) is 20.9 Å². The van der Waals surface area contributed by atoms with Crippen molar-refractivity contribution < 1.29 is 4.79 Å². The number of nitrogens with one attached hydrogen (secondary N) is 1. The van der Waals surface area contributed by atoms with Crippen LogP contribution in [-0.2, 0) is 24.2 Å². The van der Waals surface area contributed by atoms with Crippen LogP contribution in [0.3, 0.4) is 0 Å². The molecule has 162 valence electrons. The standard InChI is InChI=1S/C23H27N5O2S/c1-27-12-10-17-16(14-27)23(30)26-22(25-17)15-5-4-11-28(13-15)21(29)9-8-20-24-18-6-2-3-7-19(18)31-20/h2-3,6-7,15H,4-5,8-14H2,1H3,(H,25,26,30). The maximum atomic E-state index is 12.9. The van der Waals surface area contributed by atoms with Crippen molar-refractivity contribution in [2.75, 3.05) is 26.7 Å². The van der Waals surface area contributed by atoms with Crippen LogP contribution in [0.1, 0.15) is 47.3 Å². The van der Waals surface area contributed by atoms with Crippen LogP contribution in [0, 0.1) is 0 Å². The summed E-state index contributed by atoms with van der Waals surface area (Å²) < 4.78 is 1.16. The number of nitrogens with zero attached hydrogens (tertiary/aromatic N) is 4. The Balaban J connectivity index is 1.25. The summed E-state index contributed by atoms with van der Waals surface area (Å²) in [5.41, 5.74) is 2.70. The predicted octanol–water partition coefficient (Wildman–Crippen LogP) is 2.71. The third kappa shape index (κ3) is 4.27. The summed E-state index contributed by atoms with van der Waals surface area (Å²) in [7, 11) is 2.02. The Morgan fingerprint density at radius 3 is 3.00 bits per heavy atom. The number of para-hydroxylation sites is 1. The monoisotopic (exact) mass is 437 g/mol. The van der Waals surface area contributed by atoms with E-state index in [-0.39, 0.29) is 17.4 Å². The molecule has 2 aromatic heterocycles. The second-order valence-electron chi connectivity index (χ2n) is 8.62. The fraction of sp³-hybridized carbons (Fsp3) is 0.478. The van der Waals surface area contributed by atoms with E-state index in [1.807, 2.05) is 30.1 Å². The molecule has 1 aromatic carbocycles. The van der Waals surface area contributed by atoms with Gasteiger partial charge in [0.25, 0.3) is 5.56 Å². The van der Waals surface area contributed by atoms with Gasteiger partial charge in [-0.15, -0.1) is 11.3 Å². The first kappa shape index (κ1) is 20.3. The summed E-state index contributed by atoms with van der Waals surface area (Å²) >= 11 is 1.66. The van der Waals surface area contributed by atoms with E-state index >= 15 is 0 Å². The molecule has 1 fully saturated rings. The number of carbonyl (C=O) groups excluding carboxylic acids is 1. The fourth-order valence-electron chi connectivity index (χ4n) is 4.60. The maximum absolute atomic E-state index is 12.9. The van der Waals surface area contributed by atoms with Gasteiger partial charge < -0.3 is 14.8 Å². The van der Waals surface area contributed by atoms with Crippen LogP contribution in [0.5, 0.6) is 0 Å². The van der Waals surface area contributed by atoms with Gasteiger partial charge >= 0.3 is 0 Å². The summed E-state index contributed by atoms with van der Waals surface area (Å²) in [6.45, 7) is 2.97. The zero-order chi connectivity index (χ0) is 21.4. The summed E-state index contributed by atoms with van der Waals surface area (Å²) in [6, 6.07) is 8.08. The maximum Gasteiger partial charge on any atom is 0.255 e. The molecule has 8 heteroatoms. The zero-order valence-corrected chi connectivity index (χ0v) is 18.6. The SMILES string of the molecule is CN1CCc2nc(C3CCCN(C(=O)CCc4nc5ccccc5s4)C3)[nH]c(=O)c2C1. The molecule has 1 saturated heterocycles. The second kappa shape index (κ2) is 8.51. The molecule has 1 amide bonds. The van der Waals surface area contributed by atoms with Crippen LogP contribution < -0.4 is 5.56 Å². The molecule has 0 saturated carbocycles. The minimum atomic E-state index is -0.0224. The molecular weight excluding hydrogens is 410 g/mol. The first-order valence-corrected chi connectivity index (χ1v) is 11.8. The first-order chi connectivity index (χ1) is 15.1. The number of amides is 1. The molecule has 0 bridgehead atoms. The Hall–Kier alpha value is -2.58. The second-order valence-corrected chi connectivity index (χ2v) is 9.73. The van der Waals surface area contributed by atoms with Crippen LogP contribution in [-0.4, -0.2) is 57.3 Å². The minimum absolute atomic E-state index is 0.0224. The van der Waals surface area contributed by atoms with Gasteiger partial charge in [-0.25, -0.2) is 9.97 Å². The molecule has 31 heavy (non-hydrogen) atoms. The number of likely N-dealkylation sites (N-methyl/N-ethyl adjacent to an activating group) is 1. The number of piperidine rings is 1. The number of fused-ring (bicyclic) bond motifs is 2. The van der Waals surface area contributed by atoms with Crippen LogP contribution in [0.4, 0.5) is 0 Å². The highest BCUT2D eigenvalue weighted by Gasteiger charge is 2.28. The third-order valence-electron chi connectivity index (χ3n) is 6.33.